The number of anilines is 2. The molecule has 0 amide bonds. The second-order valence-electron chi connectivity index (χ2n) is 6.90. The predicted octanol–water partition coefficient (Wildman–Crippen LogP) is 2.93. The summed E-state index contributed by atoms with van der Waals surface area (Å²) in [7, 11) is 0. The lowest BCUT2D eigenvalue weighted by Gasteiger charge is -2.18. The van der Waals surface area contributed by atoms with Gasteiger partial charge in [-0.25, -0.2) is 4.68 Å². The number of benzene rings is 2. The van der Waals surface area contributed by atoms with Gasteiger partial charge in [0.1, 0.15) is 0 Å². The lowest BCUT2D eigenvalue weighted by atomic mass is 10.1. The molecule has 6 nitrogen and oxygen atoms in total. The Bertz CT molecular complexity index is 1160. The largest absolute Gasteiger partial charge is 0.416 e. The molecule has 0 spiro atoms. The summed E-state index contributed by atoms with van der Waals surface area (Å²) in [5.41, 5.74) is 0.0907. The number of hydrogen-bond donors (Lipinski definition) is 0. The van der Waals surface area contributed by atoms with E-state index in [0.717, 1.165) is 28.1 Å². The summed E-state index contributed by atoms with van der Waals surface area (Å²) in [6.07, 6.45) is -4.44. The third-order valence-corrected chi connectivity index (χ3v) is 4.86. The SMILES string of the molecule is Cc1ccc(N2CCn3c2nn(Cc2ccc(C(F)(F)F)cc2)c(=O)c3=O)cc1. The van der Waals surface area contributed by atoms with E-state index in [4.69, 9.17) is 0 Å². The second-order valence-corrected chi connectivity index (χ2v) is 6.90. The summed E-state index contributed by atoms with van der Waals surface area (Å²) < 4.78 is 40.5. The van der Waals surface area contributed by atoms with Gasteiger partial charge in [0, 0.05) is 18.8 Å². The highest BCUT2D eigenvalue weighted by Gasteiger charge is 2.30. The summed E-state index contributed by atoms with van der Waals surface area (Å²) in [6, 6.07) is 12.1. The Morgan fingerprint density at radius 1 is 0.931 bits per heavy atom. The molecule has 0 saturated heterocycles. The molecule has 9 heteroatoms. The van der Waals surface area contributed by atoms with Crippen molar-refractivity contribution in [1.82, 2.24) is 14.3 Å². The Hall–Kier alpha value is -3.36. The number of nitrogens with zero attached hydrogens (tertiary/aromatic N) is 4. The van der Waals surface area contributed by atoms with Gasteiger partial charge >= 0.3 is 17.3 Å². The molecule has 0 fully saturated rings. The van der Waals surface area contributed by atoms with E-state index in [1.54, 1.807) is 0 Å². The zero-order chi connectivity index (χ0) is 20.8. The van der Waals surface area contributed by atoms with Crippen LogP contribution in [-0.4, -0.2) is 20.9 Å². The summed E-state index contributed by atoms with van der Waals surface area (Å²) in [5.74, 6) is 0.338. The van der Waals surface area contributed by atoms with Crippen LogP contribution < -0.4 is 16.0 Å². The fourth-order valence-corrected chi connectivity index (χ4v) is 3.27. The van der Waals surface area contributed by atoms with Gasteiger partial charge in [-0.2, -0.15) is 13.2 Å². The van der Waals surface area contributed by atoms with Crippen LogP contribution in [0.25, 0.3) is 0 Å². The van der Waals surface area contributed by atoms with Crippen molar-refractivity contribution in [2.24, 2.45) is 0 Å². The molecule has 0 saturated carbocycles. The number of aryl methyl sites for hydroxylation is 1. The van der Waals surface area contributed by atoms with Crippen molar-refractivity contribution >= 4 is 11.6 Å². The van der Waals surface area contributed by atoms with Gasteiger partial charge in [0.25, 0.3) is 0 Å². The molecule has 29 heavy (non-hydrogen) atoms. The molecule has 150 valence electrons. The number of fused-ring (bicyclic) bond motifs is 1. The maximum atomic E-state index is 12.7. The van der Waals surface area contributed by atoms with Crippen molar-refractivity contribution in [1.29, 1.82) is 0 Å². The molecule has 2 heterocycles. The predicted molar refractivity (Wildman–Crippen MR) is 101 cm³/mol. The van der Waals surface area contributed by atoms with Gasteiger partial charge < -0.3 is 4.90 Å². The van der Waals surface area contributed by atoms with Crippen LogP contribution in [0.5, 0.6) is 0 Å². The normalized spacial score (nSPS) is 13.6. The lowest BCUT2D eigenvalue weighted by Crippen LogP contribution is -2.42. The fraction of sp³-hybridized carbons (Fsp3) is 0.250. The highest BCUT2D eigenvalue weighted by atomic mass is 19.4. The molecule has 1 aromatic heterocycles. The zero-order valence-corrected chi connectivity index (χ0v) is 15.5. The number of alkyl halides is 3. The Balaban J connectivity index is 1.70. The van der Waals surface area contributed by atoms with E-state index >= 15 is 0 Å². The monoisotopic (exact) mass is 402 g/mol. The van der Waals surface area contributed by atoms with Crippen LogP contribution in [0.4, 0.5) is 24.8 Å². The van der Waals surface area contributed by atoms with Crippen molar-refractivity contribution in [3.05, 3.63) is 85.9 Å². The van der Waals surface area contributed by atoms with Crippen LogP contribution in [0.15, 0.2) is 58.1 Å². The summed E-state index contributed by atoms with van der Waals surface area (Å²) >= 11 is 0. The molecule has 1 aliphatic heterocycles. The third kappa shape index (κ3) is 3.55. The van der Waals surface area contributed by atoms with Crippen molar-refractivity contribution in [3.63, 3.8) is 0 Å². The third-order valence-electron chi connectivity index (χ3n) is 4.86. The summed E-state index contributed by atoms with van der Waals surface area (Å²) in [4.78, 5) is 26.8. The second kappa shape index (κ2) is 6.91. The number of hydrogen-bond acceptors (Lipinski definition) is 4. The highest BCUT2D eigenvalue weighted by Crippen LogP contribution is 2.29. The van der Waals surface area contributed by atoms with Gasteiger partial charge in [-0.05, 0) is 36.8 Å². The molecule has 2 aromatic carbocycles. The minimum Gasteiger partial charge on any atom is -0.309 e. The highest BCUT2D eigenvalue weighted by molar-refractivity contribution is 5.59. The Morgan fingerprint density at radius 3 is 2.21 bits per heavy atom. The Morgan fingerprint density at radius 2 is 1.59 bits per heavy atom. The first-order valence-corrected chi connectivity index (χ1v) is 8.96. The Kier molecular flexibility index (Phi) is 4.52. The van der Waals surface area contributed by atoms with E-state index in [-0.39, 0.29) is 6.54 Å². The van der Waals surface area contributed by atoms with E-state index in [1.807, 2.05) is 36.1 Å². The molecular weight excluding hydrogens is 385 g/mol. The van der Waals surface area contributed by atoms with Crippen LogP contribution in [0.1, 0.15) is 16.7 Å². The van der Waals surface area contributed by atoms with E-state index < -0.39 is 22.9 Å². The van der Waals surface area contributed by atoms with E-state index in [1.165, 1.54) is 16.7 Å². The Labute approximate surface area is 163 Å². The molecule has 1 aliphatic rings. The molecular formula is C20H17F3N4O2. The molecule has 4 rings (SSSR count). The first kappa shape index (κ1) is 19.0. The quantitative estimate of drug-likeness (QED) is 0.632. The van der Waals surface area contributed by atoms with Gasteiger partial charge in [0.15, 0.2) is 0 Å². The molecule has 3 aromatic rings. The molecule has 0 aliphatic carbocycles. The average Bonchev–Trinajstić information content (AvgIpc) is 3.10. The van der Waals surface area contributed by atoms with Crippen LogP contribution in [0.3, 0.4) is 0 Å². The molecule has 0 atom stereocenters. The first-order valence-electron chi connectivity index (χ1n) is 8.96. The van der Waals surface area contributed by atoms with Crippen molar-refractivity contribution in [2.45, 2.75) is 26.2 Å². The van der Waals surface area contributed by atoms with E-state index in [9.17, 15) is 22.8 Å². The van der Waals surface area contributed by atoms with Crippen LogP contribution in [-0.2, 0) is 19.3 Å². The van der Waals surface area contributed by atoms with E-state index in [2.05, 4.69) is 5.10 Å². The number of halogens is 3. The van der Waals surface area contributed by atoms with Gasteiger partial charge in [0.2, 0.25) is 5.95 Å². The molecule has 0 bridgehead atoms. The summed E-state index contributed by atoms with van der Waals surface area (Å²) in [6.45, 7) is 2.70. The average molecular weight is 402 g/mol. The smallest absolute Gasteiger partial charge is 0.309 e. The first-order chi connectivity index (χ1) is 13.7. The van der Waals surface area contributed by atoms with Crippen molar-refractivity contribution in [3.8, 4) is 0 Å². The van der Waals surface area contributed by atoms with Crippen LogP contribution >= 0.6 is 0 Å². The number of rotatable bonds is 3. The van der Waals surface area contributed by atoms with Crippen LogP contribution in [0, 0.1) is 6.92 Å². The zero-order valence-electron chi connectivity index (χ0n) is 15.5. The van der Waals surface area contributed by atoms with Crippen molar-refractivity contribution in [2.75, 3.05) is 11.4 Å². The van der Waals surface area contributed by atoms with Gasteiger partial charge in [-0.3, -0.25) is 14.2 Å². The van der Waals surface area contributed by atoms with Gasteiger partial charge in [0.05, 0.1) is 12.1 Å². The molecule has 0 unspecified atom stereocenters. The van der Waals surface area contributed by atoms with Crippen LogP contribution in [0.2, 0.25) is 0 Å². The van der Waals surface area contributed by atoms with Gasteiger partial charge in [-0.1, -0.05) is 29.8 Å². The van der Waals surface area contributed by atoms with Gasteiger partial charge in [-0.15, -0.1) is 5.10 Å². The fourth-order valence-electron chi connectivity index (χ4n) is 3.27. The minimum atomic E-state index is -4.44. The standard InChI is InChI=1S/C20H17F3N4O2/c1-13-2-8-16(9-3-13)25-10-11-26-17(28)18(29)27(24-19(25)26)12-14-4-6-15(7-5-14)20(21,22)23/h2-9H,10-12H2,1H3. The lowest BCUT2D eigenvalue weighted by molar-refractivity contribution is -0.137. The minimum absolute atomic E-state index is 0.0954. The maximum absolute atomic E-state index is 12.7. The number of aromatic nitrogens is 3. The maximum Gasteiger partial charge on any atom is 0.416 e. The van der Waals surface area contributed by atoms with Crippen molar-refractivity contribution < 1.29 is 13.2 Å². The van der Waals surface area contributed by atoms with E-state index in [0.29, 0.717) is 24.6 Å². The summed E-state index contributed by atoms with van der Waals surface area (Å²) in [5, 5.41) is 4.33. The molecule has 0 radical (unpaired) electrons. The topological polar surface area (TPSA) is 60.1 Å². The molecule has 0 N–H and O–H groups in total.